The Morgan fingerprint density at radius 1 is 1.47 bits per heavy atom. The largest absolute Gasteiger partial charge is 0.496 e. The molecule has 0 atom stereocenters. The van der Waals surface area contributed by atoms with Crippen LogP contribution in [0.5, 0.6) is 5.75 Å². The minimum absolute atomic E-state index is 0.0551. The minimum atomic E-state index is 0.0551. The summed E-state index contributed by atoms with van der Waals surface area (Å²) < 4.78 is 7.22. The predicted molar refractivity (Wildman–Crippen MR) is 64.3 cm³/mol. The van der Waals surface area contributed by atoms with E-state index in [1.54, 1.807) is 32.6 Å². The fourth-order valence-electron chi connectivity index (χ4n) is 1.70. The van der Waals surface area contributed by atoms with Gasteiger partial charge in [-0.1, -0.05) is 0 Å². The van der Waals surface area contributed by atoms with E-state index in [0.29, 0.717) is 12.1 Å². The molecule has 17 heavy (non-hydrogen) atoms. The Balaban J connectivity index is 2.35. The maximum Gasteiger partial charge on any atom is 0.159 e. The Morgan fingerprint density at radius 3 is 2.88 bits per heavy atom. The first-order valence-electron chi connectivity index (χ1n) is 5.34. The molecule has 0 fully saturated rings. The zero-order chi connectivity index (χ0) is 12.3. The van der Waals surface area contributed by atoms with E-state index >= 15 is 0 Å². The molecule has 1 heterocycles. The fraction of sp³-hybridized carbons (Fsp3) is 0.231. The molecular formula is C13H14N2O2. The molecule has 4 heteroatoms. The standard InChI is InChI=1S/C13H14N2O2/c1-10(16)11-3-4-13(17-2)12(7-11)8-15-6-5-14-9-15/h3-7,9H,8H2,1-2H3. The van der Waals surface area contributed by atoms with Crippen LogP contribution in [0, 0.1) is 0 Å². The number of methoxy groups -OCH3 is 1. The number of hydrogen-bond acceptors (Lipinski definition) is 3. The normalized spacial score (nSPS) is 10.2. The summed E-state index contributed by atoms with van der Waals surface area (Å²) >= 11 is 0. The van der Waals surface area contributed by atoms with Crippen LogP contribution in [0.2, 0.25) is 0 Å². The third-order valence-electron chi connectivity index (χ3n) is 2.60. The highest BCUT2D eigenvalue weighted by Crippen LogP contribution is 2.21. The topological polar surface area (TPSA) is 44.1 Å². The van der Waals surface area contributed by atoms with Crippen LogP contribution >= 0.6 is 0 Å². The van der Waals surface area contributed by atoms with Gasteiger partial charge in [0.1, 0.15) is 5.75 Å². The molecule has 0 amide bonds. The van der Waals surface area contributed by atoms with Crippen LogP contribution in [0.25, 0.3) is 0 Å². The maximum atomic E-state index is 11.3. The van der Waals surface area contributed by atoms with Gasteiger partial charge < -0.3 is 9.30 Å². The lowest BCUT2D eigenvalue weighted by atomic mass is 10.1. The van der Waals surface area contributed by atoms with Gasteiger partial charge in [-0.3, -0.25) is 4.79 Å². The first-order valence-corrected chi connectivity index (χ1v) is 5.34. The molecule has 0 bridgehead atoms. The zero-order valence-electron chi connectivity index (χ0n) is 9.88. The van der Waals surface area contributed by atoms with Crippen molar-refractivity contribution in [3.8, 4) is 5.75 Å². The molecule has 88 valence electrons. The zero-order valence-corrected chi connectivity index (χ0v) is 9.88. The van der Waals surface area contributed by atoms with E-state index in [9.17, 15) is 4.79 Å². The number of benzene rings is 1. The molecule has 1 aromatic carbocycles. The van der Waals surface area contributed by atoms with E-state index in [1.807, 2.05) is 22.9 Å². The summed E-state index contributed by atoms with van der Waals surface area (Å²) in [6.07, 6.45) is 5.33. The molecular weight excluding hydrogens is 216 g/mol. The second-order valence-corrected chi connectivity index (χ2v) is 3.82. The fourth-order valence-corrected chi connectivity index (χ4v) is 1.70. The molecule has 0 spiro atoms. The molecule has 1 aromatic heterocycles. The first kappa shape index (κ1) is 11.4. The van der Waals surface area contributed by atoms with Gasteiger partial charge >= 0.3 is 0 Å². The van der Waals surface area contributed by atoms with Crippen LogP contribution in [-0.2, 0) is 6.54 Å². The highest BCUT2D eigenvalue weighted by Gasteiger charge is 2.07. The van der Waals surface area contributed by atoms with Crippen molar-refractivity contribution >= 4 is 5.78 Å². The van der Waals surface area contributed by atoms with E-state index in [1.165, 1.54) is 0 Å². The van der Waals surface area contributed by atoms with E-state index in [-0.39, 0.29) is 5.78 Å². The highest BCUT2D eigenvalue weighted by molar-refractivity contribution is 5.94. The number of rotatable bonds is 4. The Kier molecular flexibility index (Phi) is 3.23. The second kappa shape index (κ2) is 4.82. The van der Waals surface area contributed by atoms with Crippen LogP contribution in [0.1, 0.15) is 22.8 Å². The number of ketones is 1. The van der Waals surface area contributed by atoms with Crippen molar-refractivity contribution in [1.29, 1.82) is 0 Å². The molecule has 0 saturated carbocycles. The van der Waals surface area contributed by atoms with Crippen LogP contribution in [0.3, 0.4) is 0 Å². The van der Waals surface area contributed by atoms with Crippen LogP contribution in [-0.4, -0.2) is 22.4 Å². The van der Waals surface area contributed by atoms with E-state index < -0.39 is 0 Å². The Hall–Kier alpha value is -2.10. The molecule has 0 unspecified atom stereocenters. The number of hydrogen-bond donors (Lipinski definition) is 0. The van der Waals surface area contributed by atoms with Gasteiger partial charge in [-0.2, -0.15) is 0 Å². The van der Waals surface area contributed by atoms with Crippen LogP contribution < -0.4 is 4.74 Å². The van der Waals surface area contributed by atoms with E-state index in [0.717, 1.165) is 11.3 Å². The summed E-state index contributed by atoms with van der Waals surface area (Å²) in [4.78, 5) is 15.3. The van der Waals surface area contributed by atoms with Gasteiger partial charge in [0.15, 0.2) is 5.78 Å². The number of Topliss-reactive ketones (excluding diaryl/α,β-unsaturated/α-hetero) is 1. The smallest absolute Gasteiger partial charge is 0.159 e. The van der Waals surface area contributed by atoms with Gasteiger partial charge in [-0.25, -0.2) is 4.98 Å². The Morgan fingerprint density at radius 2 is 2.29 bits per heavy atom. The van der Waals surface area contributed by atoms with Gasteiger partial charge in [0.2, 0.25) is 0 Å². The van der Waals surface area contributed by atoms with Crippen molar-refractivity contribution in [2.75, 3.05) is 7.11 Å². The molecule has 0 aliphatic carbocycles. The maximum absolute atomic E-state index is 11.3. The SMILES string of the molecule is COc1ccc(C(C)=O)cc1Cn1ccnc1. The van der Waals surface area contributed by atoms with Gasteiger partial charge in [0, 0.05) is 23.5 Å². The molecule has 4 nitrogen and oxygen atoms in total. The molecule has 2 aromatic rings. The van der Waals surface area contributed by atoms with Gasteiger partial charge in [-0.15, -0.1) is 0 Å². The van der Waals surface area contributed by atoms with Crippen molar-refractivity contribution in [3.63, 3.8) is 0 Å². The number of carbonyl (C=O) groups excluding carboxylic acids is 1. The quantitative estimate of drug-likeness (QED) is 0.756. The molecule has 0 aliphatic rings. The van der Waals surface area contributed by atoms with E-state index in [2.05, 4.69) is 4.98 Å². The van der Waals surface area contributed by atoms with Gasteiger partial charge in [-0.05, 0) is 25.1 Å². The number of ether oxygens (including phenoxy) is 1. The third kappa shape index (κ3) is 2.53. The Labute approximate surface area is 99.9 Å². The molecule has 0 saturated heterocycles. The first-order chi connectivity index (χ1) is 8.20. The van der Waals surface area contributed by atoms with Crippen molar-refractivity contribution in [2.45, 2.75) is 13.5 Å². The van der Waals surface area contributed by atoms with Crippen molar-refractivity contribution in [2.24, 2.45) is 0 Å². The average Bonchev–Trinajstić information content (AvgIpc) is 2.81. The summed E-state index contributed by atoms with van der Waals surface area (Å²) in [5, 5.41) is 0. The van der Waals surface area contributed by atoms with E-state index in [4.69, 9.17) is 4.74 Å². The minimum Gasteiger partial charge on any atom is -0.496 e. The number of imidazole rings is 1. The average molecular weight is 230 g/mol. The number of nitrogens with zero attached hydrogens (tertiary/aromatic N) is 2. The summed E-state index contributed by atoms with van der Waals surface area (Å²) in [7, 11) is 1.63. The lowest BCUT2D eigenvalue weighted by Crippen LogP contribution is -2.02. The van der Waals surface area contributed by atoms with Crippen molar-refractivity contribution < 1.29 is 9.53 Å². The summed E-state index contributed by atoms with van der Waals surface area (Å²) in [6.45, 7) is 2.20. The molecule has 0 radical (unpaired) electrons. The highest BCUT2D eigenvalue weighted by atomic mass is 16.5. The van der Waals surface area contributed by atoms with Crippen molar-refractivity contribution in [3.05, 3.63) is 48.0 Å². The monoisotopic (exact) mass is 230 g/mol. The molecule has 0 N–H and O–H groups in total. The lowest BCUT2D eigenvalue weighted by molar-refractivity contribution is 0.101. The number of aromatic nitrogens is 2. The second-order valence-electron chi connectivity index (χ2n) is 3.82. The van der Waals surface area contributed by atoms with Crippen LogP contribution in [0.4, 0.5) is 0 Å². The van der Waals surface area contributed by atoms with Gasteiger partial charge in [0.25, 0.3) is 0 Å². The summed E-state index contributed by atoms with van der Waals surface area (Å²) in [6, 6.07) is 5.46. The third-order valence-corrected chi connectivity index (χ3v) is 2.60. The lowest BCUT2D eigenvalue weighted by Gasteiger charge is -2.10. The van der Waals surface area contributed by atoms with Crippen LogP contribution in [0.15, 0.2) is 36.9 Å². The van der Waals surface area contributed by atoms with Crippen molar-refractivity contribution in [1.82, 2.24) is 9.55 Å². The Bertz CT molecular complexity index is 518. The molecule has 2 rings (SSSR count). The predicted octanol–water partition coefficient (Wildman–Crippen LogP) is 2.14. The summed E-state index contributed by atoms with van der Waals surface area (Å²) in [5.41, 5.74) is 1.67. The summed E-state index contributed by atoms with van der Waals surface area (Å²) in [5.74, 6) is 0.836. The van der Waals surface area contributed by atoms with Gasteiger partial charge in [0.05, 0.1) is 20.0 Å². The molecule has 0 aliphatic heterocycles. The number of carbonyl (C=O) groups is 1.